The third-order valence-corrected chi connectivity index (χ3v) is 5.79. The zero-order valence-electron chi connectivity index (χ0n) is 18.5. The Hall–Kier alpha value is -3.24. The third-order valence-electron chi connectivity index (χ3n) is 4.65. The minimum atomic E-state index is -10.2. The van der Waals surface area contributed by atoms with Gasteiger partial charge in [-0.2, -0.15) is 13.2 Å². The first kappa shape index (κ1) is 29.0. The summed E-state index contributed by atoms with van der Waals surface area (Å²) in [5.74, 6) is -3.63. The van der Waals surface area contributed by atoms with Crippen LogP contribution in [-0.4, -0.2) is 49.3 Å². The fourth-order valence-electron chi connectivity index (χ4n) is 3.08. The Labute approximate surface area is 199 Å². The van der Waals surface area contributed by atoms with E-state index in [2.05, 4.69) is 9.73 Å². The van der Waals surface area contributed by atoms with Gasteiger partial charge in [0.2, 0.25) is 6.10 Å². The average molecular weight is 554 g/mol. The zero-order valence-corrected chi connectivity index (χ0v) is 19.3. The number of carbonyl (C=O) groups excluding carboxylic acids is 2. The lowest BCUT2D eigenvalue weighted by atomic mass is 9.99. The topological polar surface area (TPSA) is 129 Å². The van der Waals surface area contributed by atoms with E-state index in [1.54, 1.807) is 0 Å². The van der Waals surface area contributed by atoms with Gasteiger partial charge in [0.25, 0.3) is 5.91 Å². The normalized spacial score (nSPS) is 18.4. The van der Waals surface area contributed by atoms with E-state index >= 15 is 0 Å². The highest BCUT2D eigenvalue weighted by molar-refractivity contribution is 8.45. The highest BCUT2D eigenvalue weighted by Crippen LogP contribution is 3.02. The number of guanidine groups is 1. The molecule has 17 heteroatoms. The van der Waals surface area contributed by atoms with Crippen molar-refractivity contribution in [3.05, 3.63) is 29.3 Å². The van der Waals surface area contributed by atoms with Gasteiger partial charge in [0.1, 0.15) is 16.7 Å². The lowest BCUT2D eigenvalue weighted by molar-refractivity contribution is -0.185. The molecule has 0 aliphatic carbocycles. The number of alkyl halides is 3. The Kier molecular flexibility index (Phi) is 7.51. The molecule has 5 N–H and O–H groups in total. The number of nitrogens with one attached hydrogen (secondary N) is 1. The quantitative estimate of drug-likeness (QED) is 0.138. The molecule has 1 aliphatic rings. The van der Waals surface area contributed by atoms with E-state index in [-0.39, 0.29) is 44.1 Å². The molecule has 0 saturated carbocycles. The van der Waals surface area contributed by atoms with Gasteiger partial charge in [0.05, 0.1) is 12.2 Å². The summed E-state index contributed by atoms with van der Waals surface area (Å²) < 4.78 is 116. The fraction of sp³-hybridized carbons (Fsp3) is 0.421. The van der Waals surface area contributed by atoms with Crippen LogP contribution >= 0.6 is 10.2 Å². The second-order valence-corrected chi connectivity index (χ2v) is 9.94. The fourth-order valence-corrected chi connectivity index (χ4v) is 3.76. The van der Waals surface area contributed by atoms with Gasteiger partial charge < -0.3 is 26.3 Å². The van der Waals surface area contributed by atoms with Crippen LogP contribution in [0, 0.1) is 0 Å². The van der Waals surface area contributed by atoms with Crippen molar-refractivity contribution in [3.63, 3.8) is 0 Å². The molecule has 0 radical (unpaired) electrons. The van der Waals surface area contributed by atoms with Crippen LogP contribution in [-0.2, 0) is 14.3 Å². The van der Waals surface area contributed by atoms with Gasteiger partial charge >= 0.3 is 22.4 Å². The number of hydrogen-bond acceptors (Lipinski definition) is 5. The first-order valence-electron chi connectivity index (χ1n) is 10.1. The summed E-state index contributed by atoms with van der Waals surface area (Å²) in [6.07, 6.45) is -7.94. The number of fused-ring (bicyclic) bond motifs is 1. The van der Waals surface area contributed by atoms with Gasteiger partial charge in [-0.15, -0.1) is 0 Å². The summed E-state index contributed by atoms with van der Waals surface area (Å²) in [6.45, 7) is 1.29. The van der Waals surface area contributed by atoms with Crippen LogP contribution in [0.25, 0.3) is 6.08 Å². The molecule has 0 unspecified atom stereocenters. The summed E-state index contributed by atoms with van der Waals surface area (Å²) in [4.78, 5) is 26.2. The van der Waals surface area contributed by atoms with Gasteiger partial charge in [0, 0.05) is 12.1 Å². The Morgan fingerprint density at radius 1 is 1.19 bits per heavy atom. The number of esters is 1. The van der Waals surface area contributed by atoms with E-state index in [4.69, 9.17) is 16.2 Å². The lowest BCUT2D eigenvalue weighted by Gasteiger charge is -2.41. The average Bonchev–Trinajstić information content (AvgIpc) is 2.72. The van der Waals surface area contributed by atoms with Crippen molar-refractivity contribution < 1.29 is 51.7 Å². The molecule has 1 aliphatic heterocycles. The predicted octanol–water partition coefficient (Wildman–Crippen LogP) is 4.15. The first-order chi connectivity index (χ1) is 16.2. The maximum atomic E-state index is 13.6. The Bertz CT molecular complexity index is 1090. The minimum Gasteiger partial charge on any atom is -0.475 e. The van der Waals surface area contributed by atoms with Crippen LogP contribution in [0.4, 0.5) is 32.6 Å². The maximum absolute atomic E-state index is 13.6. The van der Waals surface area contributed by atoms with E-state index in [0.29, 0.717) is 12.1 Å². The SMILES string of the molecule is CCOC(=O)[C@H](CCCN=C(N)N)NC(=O)C1=Cc2cc(S(F)(F)(F)(F)F)ccc2O[C@@H]1C(F)(F)F. The van der Waals surface area contributed by atoms with E-state index in [0.717, 1.165) is 0 Å². The van der Waals surface area contributed by atoms with Crippen LogP contribution in [0.15, 0.2) is 33.7 Å². The second-order valence-electron chi connectivity index (χ2n) is 7.53. The molecule has 1 aromatic carbocycles. The standard InChI is InChI=1S/C19H22F8N4O4S/c1-2-34-17(33)13(4-3-7-30-18(28)29)31-16(32)12-9-10-8-11(36(23,24,25,26)27)5-6-14(10)35-15(12)19(20,21)22/h5-6,8-9,13,15H,2-4,7H2,1H3,(H,31,32)(H4,28,29,30)/t13-,15-/m0/s1. The summed E-state index contributed by atoms with van der Waals surface area (Å²) in [6, 6.07) is -1.41. The number of rotatable bonds is 9. The molecule has 1 aromatic rings. The lowest BCUT2D eigenvalue weighted by Crippen LogP contribution is -2.48. The number of halogens is 8. The molecule has 1 heterocycles. The van der Waals surface area contributed by atoms with Gasteiger partial charge in [0.15, 0.2) is 5.96 Å². The first-order valence-corrected chi connectivity index (χ1v) is 12.0. The number of aliphatic imine (C=N–C) groups is 1. The van der Waals surface area contributed by atoms with Crippen molar-refractivity contribution in [3.8, 4) is 5.75 Å². The van der Waals surface area contributed by atoms with E-state index in [9.17, 15) is 42.2 Å². The highest BCUT2D eigenvalue weighted by atomic mass is 32.5. The van der Waals surface area contributed by atoms with Crippen LogP contribution in [0.3, 0.4) is 0 Å². The molecule has 0 spiro atoms. The van der Waals surface area contributed by atoms with Crippen molar-refractivity contribution in [2.45, 2.75) is 43.0 Å². The van der Waals surface area contributed by atoms with Gasteiger partial charge in [-0.3, -0.25) is 9.79 Å². The molecule has 0 fully saturated rings. The summed E-state index contributed by atoms with van der Waals surface area (Å²) in [5, 5.41) is 2.02. The molecule has 204 valence electrons. The van der Waals surface area contributed by atoms with E-state index < -0.39 is 62.2 Å². The number of ether oxygens (including phenoxy) is 2. The van der Waals surface area contributed by atoms with Crippen LogP contribution < -0.4 is 21.5 Å². The van der Waals surface area contributed by atoms with Crippen molar-refractivity contribution in [1.29, 1.82) is 0 Å². The number of amides is 1. The molecule has 1 amide bonds. The third kappa shape index (κ3) is 7.63. The zero-order chi connectivity index (χ0) is 27.6. The van der Waals surface area contributed by atoms with Crippen molar-refractivity contribution in [1.82, 2.24) is 5.32 Å². The molecule has 0 saturated heterocycles. The molecule has 8 nitrogen and oxygen atoms in total. The van der Waals surface area contributed by atoms with Crippen molar-refractivity contribution >= 4 is 34.1 Å². The predicted molar refractivity (Wildman–Crippen MR) is 115 cm³/mol. The van der Waals surface area contributed by atoms with E-state index in [1.807, 2.05) is 5.32 Å². The van der Waals surface area contributed by atoms with Crippen LogP contribution in [0.2, 0.25) is 0 Å². The number of benzene rings is 1. The molecule has 2 atom stereocenters. The van der Waals surface area contributed by atoms with Crippen molar-refractivity contribution in [2.75, 3.05) is 13.2 Å². The molecule has 0 aromatic heterocycles. The summed E-state index contributed by atoms with van der Waals surface area (Å²) in [5.41, 5.74) is 8.24. The Balaban J connectivity index is 2.44. The molecule has 2 rings (SSSR count). The number of nitrogens with two attached hydrogens (primary N) is 2. The molecular formula is C19H22F8N4O4S. The highest BCUT2D eigenvalue weighted by Gasteiger charge is 2.65. The largest absolute Gasteiger partial charge is 0.475 e. The summed E-state index contributed by atoms with van der Waals surface area (Å²) in [7, 11) is -10.2. The van der Waals surface area contributed by atoms with Crippen LogP contribution in [0.5, 0.6) is 5.75 Å². The van der Waals surface area contributed by atoms with Gasteiger partial charge in [-0.1, -0.05) is 19.4 Å². The number of hydrogen-bond donors (Lipinski definition) is 3. The smallest absolute Gasteiger partial charge is 0.429 e. The Morgan fingerprint density at radius 2 is 1.83 bits per heavy atom. The van der Waals surface area contributed by atoms with Crippen molar-refractivity contribution in [2.24, 2.45) is 16.5 Å². The molecule has 0 bridgehead atoms. The van der Waals surface area contributed by atoms with E-state index in [1.165, 1.54) is 6.92 Å². The monoisotopic (exact) mass is 554 g/mol. The summed E-state index contributed by atoms with van der Waals surface area (Å²) >= 11 is 0. The molecule has 36 heavy (non-hydrogen) atoms. The van der Waals surface area contributed by atoms with Gasteiger partial charge in [-0.05, 0) is 44.0 Å². The number of nitrogens with zero attached hydrogens (tertiary/aromatic N) is 1. The second kappa shape index (κ2) is 9.33. The Morgan fingerprint density at radius 3 is 2.36 bits per heavy atom. The minimum absolute atomic E-state index is 0.00434. The van der Waals surface area contributed by atoms with Gasteiger partial charge in [-0.25, -0.2) is 4.79 Å². The number of carbonyl (C=O) groups is 2. The van der Waals surface area contributed by atoms with Crippen LogP contribution in [0.1, 0.15) is 25.3 Å². The molecular weight excluding hydrogens is 532 g/mol. The maximum Gasteiger partial charge on any atom is 0.429 e.